The van der Waals surface area contributed by atoms with Crippen LogP contribution in [0.5, 0.6) is 11.5 Å². The molecular formula is C19H14BrN3O3S. The lowest BCUT2D eigenvalue weighted by molar-refractivity contribution is 0.355. The Morgan fingerprint density at radius 1 is 1.04 bits per heavy atom. The number of fused-ring (bicyclic) bond motifs is 1. The highest BCUT2D eigenvalue weighted by Crippen LogP contribution is 2.31. The molecule has 0 atom stereocenters. The highest BCUT2D eigenvalue weighted by Gasteiger charge is 2.16. The third-order valence-electron chi connectivity index (χ3n) is 4.06. The van der Waals surface area contributed by atoms with Gasteiger partial charge >= 0.3 is 0 Å². The molecule has 0 spiro atoms. The number of aromatic nitrogens is 3. The second kappa shape index (κ2) is 7.13. The van der Waals surface area contributed by atoms with Crippen molar-refractivity contribution in [3.05, 3.63) is 67.4 Å². The number of methoxy groups -OCH3 is 2. The first-order chi connectivity index (χ1) is 13.1. The molecule has 0 unspecified atom stereocenters. The van der Waals surface area contributed by atoms with Crippen LogP contribution < -0.4 is 19.6 Å². The molecule has 8 heteroatoms. The minimum atomic E-state index is -0.146. The van der Waals surface area contributed by atoms with Gasteiger partial charge in [-0.25, -0.2) is 4.40 Å². The second-order valence-corrected chi connectivity index (χ2v) is 7.60. The van der Waals surface area contributed by atoms with Crippen LogP contribution in [0.2, 0.25) is 0 Å². The number of benzene rings is 2. The van der Waals surface area contributed by atoms with E-state index in [0.29, 0.717) is 26.8 Å². The summed E-state index contributed by atoms with van der Waals surface area (Å²) >= 11 is 4.72. The van der Waals surface area contributed by atoms with E-state index in [4.69, 9.17) is 9.47 Å². The molecule has 0 fully saturated rings. The van der Waals surface area contributed by atoms with Crippen LogP contribution in [0.3, 0.4) is 0 Å². The maximum Gasteiger partial charge on any atom is 0.276 e. The summed E-state index contributed by atoms with van der Waals surface area (Å²) in [4.78, 5) is 13.5. The molecule has 0 saturated carbocycles. The van der Waals surface area contributed by atoms with Crippen LogP contribution in [0.1, 0.15) is 5.56 Å². The minimum absolute atomic E-state index is 0.146. The average molecular weight is 444 g/mol. The smallest absolute Gasteiger partial charge is 0.276 e. The summed E-state index contributed by atoms with van der Waals surface area (Å²) in [6.45, 7) is 0. The fourth-order valence-corrected chi connectivity index (χ4v) is 3.91. The molecule has 0 N–H and O–H groups in total. The van der Waals surface area contributed by atoms with Crippen molar-refractivity contribution in [1.29, 1.82) is 0 Å². The lowest BCUT2D eigenvalue weighted by Gasteiger charge is -2.08. The van der Waals surface area contributed by atoms with Gasteiger partial charge in [-0.05, 0) is 42.0 Å². The first kappa shape index (κ1) is 17.7. The molecule has 4 aromatic rings. The molecule has 0 aliphatic carbocycles. The number of nitrogens with zero attached hydrogens (tertiary/aromatic N) is 3. The molecule has 0 saturated heterocycles. The lowest BCUT2D eigenvalue weighted by atomic mass is 10.2. The highest BCUT2D eigenvalue weighted by molar-refractivity contribution is 9.10. The summed E-state index contributed by atoms with van der Waals surface area (Å²) in [5.41, 5.74) is 1.53. The van der Waals surface area contributed by atoms with Crippen molar-refractivity contribution in [2.24, 2.45) is 0 Å². The minimum Gasteiger partial charge on any atom is -0.493 e. The van der Waals surface area contributed by atoms with E-state index in [1.165, 1.54) is 15.7 Å². The van der Waals surface area contributed by atoms with Crippen molar-refractivity contribution in [3.63, 3.8) is 0 Å². The van der Waals surface area contributed by atoms with Gasteiger partial charge in [0.2, 0.25) is 4.96 Å². The second-order valence-electron chi connectivity index (χ2n) is 5.68. The zero-order valence-corrected chi connectivity index (χ0v) is 16.9. The predicted molar refractivity (Wildman–Crippen MR) is 109 cm³/mol. The van der Waals surface area contributed by atoms with E-state index in [1.807, 2.05) is 36.4 Å². The molecule has 0 aliphatic rings. The van der Waals surface area contributed by atoms with Gasteiger partial charge in [-0.15, -0.1) is 10.2 Å². The largest absolute Gasteiger partial charge is 0.493 e. The Kier molecular flexibility index (Phi) is 4.67. The van der Waals surface area contributed by atoms with Crippen LogP contribution in [0, 0.1) is 0 Å². The number of hydrogen-bond donors (Lipinski definition) is 0. The lowest BCUT2D eigenvalue weighted by Crippen LogP contribution is -2.23. The van der Waals surface area contributed by atoms with E-state index in [1.54, 1.807) is 26.4 Å². The molecule has 4 rings (SSSR count). The Balaban J connectivity index is 1.86. The molecule has 2 aromatic carbocycles. The van der Waals surface area contributed by atoms with Gasteiger partial charge in [-0.1, -0.05) is 39.4 Å². The van der Waals surface area contributed by atoms with Gasteiger partial charge in [-0.2, -0.15) is 0 Å². The van der Waals surface area contributed by atoms with E-state index in [-0.39, 0.29) is 5.56 Å². The Morgan fingerprint density at radius 2 is 1.78 bits per heavy atom. The van der Waals surface area contributed by atoms with Crippen LogP contribution in [0.25, 0.3) is 22.4 Å². The van der Waals surface area contributed by atoms with E-state index in [0.717, 1.165) is 15.6 Å². The quantitative estimate of drug-likeness (QED) is 0.484. The standard InChI is InChI=1S/C19H14BrN3O3S/c1-25-14-8-5-12(10-15(14)26-2)17-21-22-19-23(17)18(24)16(27-19)9-11-3-6-13(20)7-4-11/h3-10H,1-2H3. The van der Waals surface area contributed by atoms with E-state index >= 15 is 0 Å². The Hall–Kier alpha value is -2.71. The average Bonchev–Trinajstić information content (AvgIpc) is 3.23. The van der Waals surface area contributed by atoms with Gasteiger partial charge in [0, 0.05) is 10.0 Å². The molecule has 2 aromatic heterocycles. The molecular weight excluding hydrogens is 430 g/mol. The fourth-order valence-electron chi connectivity index (χ4n) is 2.74. The SMILES string of the molecule is COc1ccc(-c2nnc3sc(=Cc4ccc(Br)cc4)c(=O)n23)cc1OC. The Morgan fingerprint density at radius 3 is 2.48 bits per heavy atom. The monoisotopic (exact) mass is 443 g/mol. The van der Waals surface area contributed by atoms with Crippen LogP contribution in [0.15, 0.2) is 51.7 Å². The van der Waals surface area contributed by atoms with Crippen molar-refractivity contribution in [3.8, 4) is 22.9 Å². The zero-order chi connectivity index (χ0) is 19.0. The Labute approximate surface area is 166 Å². The summed E-state index contributed by atoms with van der Waals surface area (Å²) in [7, 11) is 3.14. The van der Waals surface area contributed by atoms with Gasteiger partial charge in [0.25, 0.3) is 5.56 Å². The number of rotatable bonds is 4. The van der Waals surface area contributed by atoms with Gasteiger partial charge in [0.15, 0.2) is 17.3 Å². The normalized spacial score (nSPS) is 11.9. The van der Waals surface area contributed by atoms with Crippen molar-refractivity contribution in [2.45, 2.75) is 0 Å². The maximum atomic E-state index is 12.9. The van der Waals surface area contributed by atoms with E-state index in [9.17, 15) is 4.79 Å². The first-order valence-corrected chi connectivity index (χ1v) is 9.59. The number of halogens is 1. The van der Waals surface area contributed by atoms with Crippen LogP contribution in [-0.4, -0.2) is 28.8 Å². The summed E-state index contributed by atoms with van der Waals surface area (Å²) in [6, 6.07) is 13.1. The molecule has 2 heterocycles. The molecule has 136 valence electrons. The van der Waals surface area contributed by atoms with Crippen molar-refractivity contribution < 1.29 is 9.47 Å². The third-order valence-corrected chi connectivity index (χ3v) is 5.55. The fraction of sp³-hybridized carbons (Fsp3) is 0.105. The van der Waals surface area contributed by atoms with Crippen molar-refractivity contribution in [1.82, 2.24) is 14.6 Å². The summed E-state index contributed by atoms with van der Waals surface area (Å²) in [5.74, 6) is 1.65. The predicted octanol–water partition coefficient (Wildman–Crippen LogP) is 3.15. The van der Waals surface area contributed by atoms with Crippen LogP contribution in [-0.2, 0) is 0 Å². The topological polar surface area (TPSA) is 65.7 Å². The van der Waals surface area contributed by atoms with E-state index in [2.05, 4.69) is 26.1 Å². The van der Waals surface area contributed by atoms with Crippen LogP contribution >= 0.6 is 27.3 Å². The summed E-state index contributed by atoms with van der Waals surface area (Å²) in [5, 5.41) is 8.35. The zero-order valence-electron chi connectivity index (χ0n) is 14.5. The van der Waals surface area contributed by atoms with Gasteiger partial charge in [0.1, 0.15) is 0 Å². The number of thiazole rings is 1. The highest BCUT2D eigenvalue weighted by atomic mass is 79.9. The van der Waals surface area contributed by atoms with Gasteiger partial charge in [0.05, 0.1) is 18.8 Å². The van der Waals surface area contributed by atoms with Gasteiger partial charge in [-0.3, -0.25) is 4.79 Å². The maximum absolute atomic E-state index is 12.9. The molecule has 0 amide bonds. The molecule has 27 heavy (non-hydrogen) atoms. The third kappa shape index (κ3) is 3.22. The van der Waals surface area contributed by atoms with Crippen molar-refractivity contribution in [2.75, 3.05) is 14.2 Å². The first-order valence-electron chi connectivity index (χ1n) is 7.98. The molecule has 0 bridgehead atoms. The number of hydrogen-bond acceptors (Lipinski definition) is 6. The molecule has 0 aliphatic heterocycles. The Bertz CT molecular complexity index is 1230. The number of ether oxygens (including phenoxy) is 2. The van der Waals surface area contributed by atoms with Crippen molar-refractivity contribution >= 4 is 38.3 Å². The van der Waals surface area contributed by atoms with Gasteiger partial charge < -0.3 is 9.47 Å². The summed E-state index contributed by atoms with van der Waals surface area (Å²) < 4.78 is 13.7. The van der Waals surface area contributed by atoms with Crippen LogP contribution in [0.4, 0.5) is 0 Å². The molecule has 6 nitrogen and oxygen atoms in total. The molecule has 0 radical (unpaired) electrons. The van der Waals surface area contributed by atoms with E-state index < -0.39 is 0 Å². The summed E-state index contributed by atoms with van der Waals surface area (Å²) in [6.07, 6.45) is 1.85.